The Balaban J connectivity index is 1.95. The van der Waals surface area contributed by atoms with E-state index in [1.807, 2.05) is 31.5 Å². The lowest BCUT2D eigenvalue weighted by Gasteiger charge is -2.35. The second kappa shape index (κ2) is 6.26. The van der Waals surface area contributed by atoms with Crippen molar-refractivity contribution in [3.63, 3.8) is 0 Å². The quantitative estimate of drug-likeness (QED) is 0.669. The van der Waals surface area contributed by atoms with Crippen LogP contribution in [0.1, 0.15) is 49.1 Å². The van der Waals surface area contributed by atoms with Crippen molar-refractivity contribution in [3.8, 4) is 0 Å². The number of amides is 4. The van der Waals surface area contributed by atoms with E-state index in [9.17, 15) is 14.4 Å². The predicted molar refractivity (Wildman–Crippen MR) is 90.1 cm³/mol. The van der Waals surface area contributed by atoms with Gasteiger partial charge in [0.05, 0.1) is 0 Å². The molecule has 2 aliphatic rings. The predicted octanol–water partition coefficient (Wildman–Crippen LogP) is 2.44. The molecule has 0 atom stereocenters. The van der Waals surface area contributed by atoms with Crippen molar-refractivity contribution in [2.75, 3.05) is 0 Å². The molecular weight excluding hydrogens is 306 g/mol. The zero-order valence-electron chi connectivity index (χ0n) is 14.4. The molecule has 2 fully saturated rings. The van der Waals surface area contributed by atoms with Crippen molar-refractivity contribution in [1.82, 2.24) is 14.8 Å². The highest BCUT2D eigenvalue weighted by atomic mass is 16.2. The van der Waals surface area contributed by atoms with E-state index in [1.165, 1.54) is 4.90 Å². The highest BCUT2D eigenvalue weighted by Crippen LogP contribution is 2.27. The fraction of sp³-hybridized carbons (Fsp3) is 0.500. The lowest BCUT2D eigenvalue weighted by Crippen LogP contribution is -2.58. The highest BCUT2D eigenvalue weighted by molar-refractivity contribution is 6.31. The number of aryl methyl sites for hydroxylation is 1. The Bertz CT molecular complexity index is 739. The minimum absolute atomic E-state index is 0.0360. The summed E-state index contributed by atoms with van der Waals surface area (Å²) in [4.78, 5) is 38.4. The Kier molecular flexibility index (Phi) is 4.30. The Morgan fingerprint density at radius 2 is 1.79 bits per heavy atom. The number of carbonyl (C=O) groups excluding carboxylic acids is 3. The smallest absolute Gasteiger partial charge is 0.331 e. The number of hydrogen-bond donors (Lipinski definition) is 1. The lowest BCUT2D eigenvalue weighted by molar-refractivity contribution is -0.132. The van der Waals surface area contributed by atoms with Crippen LogP contribution in [0, 0.1) is 13.8 Å². The van der Waals surface area contributed by atoms with Gasteiger partial charge in [0.2, 0.25) is 0 Å². The Morgan fingerprint density at radius 1 is 1.12 bits per heavy atom. The van der Waals surface area contributed by atoms with Gasteiger partial charge in [-0.3, -0.25) is 19.8 Å². The molecule has 128 valence electrons. The third-order valence-electron chi connectivity index (χ3n) is 5.19. The van der Waals surface area contributed by atoms with Gasteiger partial charge in [-0.2, -0.15) is 0 Å². The fourth-order valence-electron chi connectivity index (χ4n) is 3.53. The van der Waals surface area contributed by atoms with Crippen LogP contribution in [-0.4, -0.2) is 33.4 Å². The second-order valence-corrected chi connectivity index (χ2v) is 6.67. The van der Waals surface area contributed by atoms with E-state index < -0.39 is 17.8 Å². The number of barbiturate groups is 1. The number of nitrogens with one attached hydrogen (secondary N) is 1. The molecule has 0 spiro atoms. The summed E-state index contributed by atoms with van der Waals surface area (Å²) in [5.41, 5.74) is 2.88. The van der Waals surface area contributed by atoms with Crippen molar-refractivity contribution in [2.24, 2.45) is 7.05 Å². The number of imide groups is 2. The van der Waals surface area contributed by atoms with Gasteiger partial charge in [-0.05, 0) is 44.4 Å². The van der Waals surface area contributed by atoms with E-state index >= 15 is 0 Å². The Labute approximate surface area is 141 Å². The summed E-state index contributed by atoms with van der Waals surface area (Å²) in [5, 5.41) is 2.32. The SMILES string of the molecule is Cc1cc(/C=C2\C(=O)NC(=O)N(C3CCCCC3)C2=O)c(C)n1C. The summed E-state index contributed by atoms with van der Waals surface area (Å²) in [6, 6.07) is 1.24. The van der Waals surface area contributed by atoms with Crippen LogP contribution < -0.4 is 5.32 Å². The molecule has 1 aliphatic heterocycles. The van der Waals surface area contributed by atoms with Gasteiger partial charge >= 0.3 is 6.03 Å². The molecule has 1 N–H and O–H groups in total. The van der Waals surface area contributed by atoms with Crippen LogP contribution in [0.15, 0.2) is 11.6 Å². The molecule has 2 heterocycles. The van der Waals surface area contributed by atoms with Crippen LogP contribution in [0.3, 0.4) is 0 Å². The van der Waals surface area contributed by atoms with Gasteiger partial charge in [-0.15, -0.1) is 0 Å². The van der Waals surface area contributed by atoms with E-state index in [1.54, 1.807) is 6.08 Å². The molecule has 24 heavy (non-hydrogen) atoms. The lowest BCUT2D eigenvalue weighted by atomic mass is 9.93. The Morgan fingerprint density at radius 3 is 2.38 bits per heavy atom. The number of hydrogen-bond acceptors (Lipinski definition) is 3. The number of urea groups is 1. The molecule has 0 radical (unpaired) electrons. The maximum absolute atomic E-state index is 12.8. The van der Waals surface area contributed by atoms with E-state index in [-0.39, 0.29) is 11.6 Å². The number of rotatable bonds is 2. The number of nitrogens with zero attached hydrogens (tertiary/aromatic N) is 2. The van der Waals surface area contributed by atoms with E-state index in [0.29, 0.717) is 0 Å². The molecule has 1 aromatic heterocycles. The van der Waals surface area contributed by atoms with E-state index in [2.05, 4.69) is 5.32 Å². The van der Waals surface area contributed by atoms with Gasteiger partial charge < -0.3 is 4.57 Å². The third kappa shape index (κ3) is 2.77. The van der Waals surface area contributed by atoms with Crippen LogP contribution in [0.4, 0.5) is 4.79 Å². The first-order valence-corrected chi connectivity index (χ1v) is 8.43. The van der Waals surface area contributed by atoms with Gasteiger partial charge in [0.25, 0.3) is 11.8 Å². The first-order chi connectivity index (χ1) is 11.4. The van der Waals surface area contributed by atoms with Crippen molar-refractivity contribution >= 4 is 23.9 Å². The van der Waals surface area contributed by atoms with Crippen molar-refractivity contribution in [3.05, 3.63) is 28.6 Å². The first-order valence-electron chi connectivity index (χ1n) is 8.43. The van der Waals surface area contributed by atoms with Gasteiger partial charge in [0, 0.05) is 24.5 Å². The normalized spacial score (nSPS) is 21.5. The number of aromatic nitrogens is 1. The molecule has 6 heteroatoms. The minimum Gasteiger partial charge on any atom is -0.352 e. The van der Waals surface area contributed by atoms with Crippen LogP contribution >= 0.6 is 0 Å². The van der Waals surface area contributed by atoms with Gasteiger partial charge in [-0.1, -0.05) is 19.3 Å². The molecule has 3 rings (SSSR count). The topological polar surface area (TPSA) is 71.4 Å². The van der Waals surface area contributed by atoms with E-state index in [0.717, 1.165) is 49.1 Å². The zero-order valence-corrected chi connectivity index (χ0v) is 14.4. The Hall–Kier alpha value is -2.37. The summed E-state index contributed by atoms with van der Waals surface area (Å²) < 4.78 is 2.00. The molecule has 6 nitrogen and oxygen atoms in total. The average Bonchev–Trinajstić information content (AvgIpc) is 2.79. The summed E-state index contributed by atoms with van der Waals surface area (Å²) in [5.74, 6) is -1.09. The summed E-state index contributed by atoms with van der Waals surface area (Å²) >= 11 is 0. The molecule has 4 amide bonds. The largest absolute Gasteiger partial charge is 0.352 e. The third-order valence-corrected chi connectivity index (χ3v) is 5.19. The maximum Gasteiger partial charge on any atom is 0.331 e. The van der Waals surface area contributed by atoms with Crippen molar-refractivity contribution < 1.29 is 14.4 Å². The highest BCUT2D eigenvalue weighted by Gasteiger charge is 2.40. The first kappa shape index (κ1) is 16.5. The van der Waals surface area contributed by atoms with Gasteiger partial charge in [-0.25, -0.2) is 4.79 Å². The molecule has 0 bridgehead atoms. The van der Waals surface area contributed by atoms with Crippen LogP contribution in [0.25, 0.3) is 6.08 Å². The molecule has 1 aromatic rings. The summed E-state index contributed by atoms with van der Waals surface area (Å²) in [6.45, 7) is 3.91. The van der Waals surface area contributed by atoms with E-state index in [4.69, 9.17) is 0 Å². The van der Waals surface area contributed by atoms with Crippen molar-refractivity contribution in [2.45, 2.75) is 52.0 Å². The summed E-state index contributed by atoms with van der Waals surface area (Å²) in [7, 11) is 1.94. The molecule has 0 aromatic carbocycles. The standard InChI is InChI=1S/C18H23N3O3/c1-11-9-13(12(2)20(11)3)10-15-16(22)19-18(24)21(17(15)23)14-7-5-4-6-8-14/h9-10,14H,4-8H2,1-3H3,(H,19,22,24)/b15-10+. The fourth-order valence-corrected chi connectivity index (χ4v) is 3.53. The maximum atomic E-state index is 12.8. The average molecular weight is 329 g/mol. The number of carbonyl (C=O) groups is 3. The molecule has 1 saturated heterocycles. The second-order valence-electron chi connectivity index (χ2n) is 6.67. The van der Waals surface area contributed by atoms with Gasteiger partial charge in [0.15, 0.2) is 0 Å². The van der Waals surface area contributed by atoms with Crippen LogP contribution in [-0.2, 0) is 16.6 Å². The van der Waals surface area contributed by atoms with Gasteiger partial charge in [0.1, 0.15) is 5.57 Å². The molecular formula is C18H23N3O3. The molecule has 0 unspecified atom stereocenters. The molecule has 1 saturated carbocycles. The van der Waals surface area contributed by atoms with Crippen LogP contribution in [0.5, 0.6) is 0 Å². The minimum atomic E-state index is -0.613. The molecule has 1 aliphatic carbocycles. The monoisotopic (exact) mass is 329 g/mol. The summed E-state index contributed by atoms with van der Waals surface area (Å²) in [6.07, 6.45) is 6.36. The van der Waals surface area contributed by atoms with Crippen LogP contribution in [0.2, 0.25) is 0 Å². The van der Waals surface area contributed by atoms with Crippen molar-refractivity contribution in [1.29, 1.82) is 0 Å². The zero-order chi connectivity index (χ0) is 17.4.